The number of hydrogen-bond donors (Lipinski definition) is 4. The van der Waals surface area contributed by atoms with Gasteiger partial charge in [0, 0.05) is 27.5 Å². The maximum absolute atomic E-state index is 13.2. The van der Waals surface area contributed by atoms with E-state index in [9.17, 15) is 19.2 Å². The molecule has 0 aliphatic carbocycles. The molecule has 1 heterocycles. The molecule has 2 amide bonds. The first kappa shape index (κ1) is 32.4. The van der Waals surface area contributed by atoms with Gasteiger partial charge >= 0.3 is 5.97 Å². The van der Waals surface area contributed by atoms with Gasteiger partial charge in [-0.15, -0.1) is 23.1 Å². The summed E-state index contributed by atoms with van der Waals surface area (Å²) in [5, 5.41) is 11.9. The van der Waals surface area contributed by atoms with Gasteiger partial charge in [0.25, 0.3) is 5.91 Å². The zero-order valence-corrected chi connectivity index (χ0v) is 26.8. The monoisotopic (exact) mass is 646 g/mol. The first-order valence-corrected chi connectivity index (χ1v) is 15.5. The molecule has 0 radical (unpaired) electrons. The van der Waals surface area contributed by atoms with Crippen molar-refractivity contribution in [3.63, 3.8) is 0 Å². The number of anilines is 4. The van der Waals surface area contributed by atoms with Gasteiger partial charge in [-0.1, -0.05) is 24.3 Å². The lowest BCUT2D eigenvalue weighted by Gasteiger charge is -2.14. The largest absolute Gasteiger partial charge is 0.465 e. The number of ketones is 1. The second kappa shape index (κ2) is 14.8. The Balaban J connectivity index is 1.41. The van der Waals surface area contributed by atoms with E-state index < -0.39 is 17.1 Å². The molecular formula is C32H30N4O5S3. The summed E-state index contributed by atoms with van der Waals surface area (Å²) in [5.41, 5.74) is 3.24. The van der Waals surface area contributed by atoms with E-state index in [0.717, 1.165) is 27.6 Å². The molecule has 0 saturated carbocycles. The summed E-state index contributed by atoms with van der Waals surface area (Å²) in [6.07, 6.45) is 0. The number of ether oxygens (including phenoxy) is 1. The highest BCUT2D eigenvalue weighted by Gasteiger charge is 2.27. The van der Waals surface area contributed by atoms with Gasteiger partial charge in [0.05, 0.1) is 22.8 Å². The Morgan fingerprint density at radius 3 is 2.14 bits per heavy atom. The molecule has 9 nitrogen and oxygen atoms in total. The summed E-state index contributed by atoms with van der Waals surface area (Å²) < 4.78 is 4.95. The number of benzene rings is 3. The first-order valence-electron chi connectivity index (χ1n) is 13.4. The van der Waals surface area contributed by atoms with Crippen molar-refractivity contribution in [1.29, 1.82) is 0 Å². The number of esters is 1. The fraction of sp³-hybridized carbons (Fsp3) is 0.156. The van der Waals surface area contributed by atoms with Crippen molar-refractivity contribution >= 4 is 86.1 Å². The number of carbonyl (C=O) groups excluding carboxylic acids is 4. The van der Waals surface area contributed by atoms with E-state index in [1.165, 1.54) is 25.8 Å². The van der Waals surface area contributed by atoms with E-state index in [1.807, 2.05) is 30.3 Å². The Morgan fingerprint density at radius 1 is 0.841 bits per heavy atom. The second-order valence-corrected chi connectivity index (χ2v) is 12.4. The van der Waals surface area contributed by atoms with Crippen LogP contribution in [-0.4, -0.2) is 41.0 Å². The summed E-state index contributed by atoms with van der Waals surface area (Å²) >= 11 is 7.77. The third kappa shape index (κ3) is 8.31. The highest BCUT2D eigenvalue weighted by molar-refractivity contribution is 8.00. The molecule has 3 aromatic carbocycles. The van der Waals surface area contributed by atoms with Crippen molar-refractivity contribution < 1.29 is 23.9 Å². The van der Waals surface area contributed by atoms with Crippen LogP contribution in [0, 0.1) is 6.92 Å². The van der Waals surface area contributed by atoms with Gasteiger partial charge in [0.1, 0.15) is 5.00 Å². The summed E-state index contributed by atoms with van der Waals surface area (Å²) in [6, 6.07) is 23.4. The van der Waals surface area contributed by atoms with Crippen molar-refractivity contribution in [2.45, 2.75) is 30.9 Å². The number of rotatable bonds is 10. The molecular weight excluding hydrogens is 617 g/mol. The molecule has 0 bridgehead atoms. The van der Waals surface area contributed by atoms with Crippen LogP contribution in [0.5, 0.6) is 0 Å². The van der Waals surface area contributed by atoms with Crippen LogP contribution in [0.1, 0.15) is 49.8 Å². The number of thiophene rings is 1. The minimum Gasteiger partial charge on any atom is -0.465 e. The third-order valence-electron chi connectivity index (χ3n) is 6.33. The van der Waals surface area contributed by atoms with E-state index in [1.54, 1.807) is 62.4 Å². The van der Waals surface area contributed by atoms with Crippen LogP contribution in [0.25, 0.3) is 0 Å². The van der Waals surface area contributed by atoms with Gasteiger partial charge in [-0.05, 0) is 93.1 Å². The molecule has 4 rings (SSSR count). The lowest BCUT2D eigenvalue weighted by atomic mass is 10.1. The number of Topliss-reactive ketones (excluding diaryl/α,β-unsaturated/α-hetero) is 1. The van der Waals surface area contributed by atoms with Crippen molar-refractivity contribution in [3.8, 4) is 0 Å². The van der Waals surface area contributed by atoms with Crippen molar-refractivity contribution in [3.05, 3.63) is 100 Å². The van der Waals surface area contributed by atoms with E-state index in [0.29, 0.717) is 26.8 Å². The minimum atomic E-state index is -0.647. The van der Waals surface area contributed by atoms with Crippen LogP contribution >= 0.6 is 35.3 Å². The minimum absolute atomic E-state index is 0.0140. The van der Waals surface area contributed by atoms with Gasteiger partial charge in [0.15, 0.2) is 10.9 Å². The molecule has 0 saturated heterocycles. The quantitative estimate of drug-likeness (QED) is 0.0611. The SMILES string of the molecule is COC(=O)c1c(NC(=O)C(C)Sc2cccc(NC(=S)Nc3ccc(C(C)=O)cc3)c2)sc(C(=O)Nc2ccccc2)c1C. The number of nitrogens with one attached hydrogen (secondary N) is 4. The predicted octanol–water partition coefficient (Wildman–Crippen LogP) is 7.23. The average Bonchev–Trinajstić information content (AvgIpc) is 3.32. The molecule has 4 aromatic rings. The Kier molecular flexibility index (Phi) is 10.9. The lowest BCUT2D eigenvalue weighted by molar-refractivity contribution is -0.115. The number of thiocarbonyl (C=S) groups is 1. The summed E-state index contributed by atoms with van der Waals surface area (Å²) in [7, 11) is 1.25. The molecule has 1 aromatic heterocycles. The van der Waals surface area contributed by atoms with Gasteiger partial charge in [-0.3, -0.25) is 14.4 Å². The van der Waals surface area contributed by atoms with Gasteiger partial charge in [-0.25, -0.2) is 4.79 Å². The maximum atomic E-state index is 13.2. The van der Waals surface area contributed by atoms with Crippen LogP contribution in [0.15, 0.2) is 83.8 Å². The molecule has 12 heteroatoms. The Morgan fingerprint density at radius 2 is 1.48 bits per heavy atom. The first-order chi connectivity index (χ1) is 21.0. The molecule has 226 valence electrons. The van der Waals surface area contributed by atoms with Crippen LogP contribution < -0.4 is 21.3 Å². The van der Waals surface area contributed by atoms with E-state index in [4.69, 9.17) is 17.0 Å². The average molecular weight is 647 g/mol. The molecule has 0 aliphatic rings. The Hall–Kier alpha value is -4.52. The third-order valence-corrected chi connectivity index (χ3v) is 8.84. The van der Waals surface area contributed by atoms with Gasteiger partial charge in [-0.2, -0.15) is 0 Å². The lowest BCUT2D eigenvalue weighted by Crippen LogP contribution is -2.23. The topological polar surface area (TPSA) is 126 Å². The van der Waals surface area contributed by atoms with Crippen LogP contribution in [-0.2, 0) is 9.53 Å². The Labute approximate surface area is 268 Å². The van der Waals surface area contributed by atoms with E-state index >= 15 is 0 Å². The van der Waals surface area contributed by atoms with Crippen molar-refractivity contribution in [2.24, 2.45) is 0 Å². The predicted molar refractivity (Wildman–Crippen MR) is 181 cm³/mol. The smallest absolute Gasteiger partial charge is 0.341 e. The number of methoxy groups -OCH3 is 1. The number of thioether (sulfide) groups is 1. The van der Waals surface area contributed by atoms with Crippen molar-refractivity contribution in [1.82, 2.24) is 0 Å². The van der Waals surface area contributed by atoms with E-state index in [2.05, 4.69) is 21.3 Å². The fourth-order valence-electron chi connectivity index (χ4n) is 4.08. The standard InChI is InChI=1S/C32H30N4O5S3/c1-18-26(31(40)41-4)30(44-27(18)29(39)33-22-9-6-5-7-10-22)36-28(38)20(3)43-25-12-8-11-24(17-25)35-32(42)34-23-15-13-21(14-16-23)19(2)37/h5-17,20H,1-4H3,(H,33,39)(H,36,38)(H2,34,35,42). The zero-order chi connectivity index (χ0) is 31.8. The fourth-order valence-corrected chi connectivity index (χ4v) is 6.33. The second-order valence-electron chi connectivity index (χ2n) is 9.56. The summed E-state index contributed by atoms with van der Waals surface area (Å²) in [6.45, 7) is 4.91. The molecule has 1 atom stereocenters. The highest BCUT2D eigenvalue weighted by atomic mass is 32.2. The molecule has 0 fully saturated rings. The van der Waals surface area contributed by atoms with Crippen LogP contribution in [0.4, 0.5) is 22.1 Å². The van der Waals surface area contributed by atoms with Gasteiger partial charge < -0.3 is 26.0 Å². The molecule has 44 heavy (non-hydrogen) atoms. The van der Waals surface area contributed by atoms with Gasteiger partial charge in [0.2, 0.25) is 5.91 Å². The molecule has 0 aliphatic heterocycles. The van der Waals surface area contributed by atoms with Crippen LogP contribution in [0.2, 0.25) is 0 Å². The number of para-hydroxylation sites is 1. The Bertz CT molecular complexity index is 1700. The number of hydrogen-bond acceptors (Lipinski definition) is 8. The van der Waals surface area contributed by atoms with E-state index in [-0.39, 0.29) is 22.3 Å². The number of amides is 2. The molecule has 4 N–H and O–H groups in total. The molecule has 1 unspecified atom stereocenters. The highest BCUT2D eigenvalue weighted by Crippen LogP contribution is 2.35. The van der Waals surface area contributed by atoms with Crippen molar-refractivity contribution in [2.75, 3.05) is 28.4 Å². The summed E-state index contributed by atoms with van der Waals surface area (Å²) in [4.78, 5) is 51.5. The zero-order valence-electron chi connectivity index (χ0n) is 24.3. The normalized spacial score (nSPS) is 11.2. The van der Waals surface area contributed by atoms with Crippen LogP contribution in [0.3, 0.4) is 0 Å². The molecule has 0 spiro atoms. The number of carbonyl (C=O) groups is 4. The summed E-state index contributed by atoms with van der Waals surface area (Å²) in [5.74, 6) is -1.40. The maximum Gasteiger partial charge on any atom is 0.341 e.